The third-order valence-corrected chi connectivity index (χ3v) is 4.36. The minimum Gasteiger partial charge on any atom is -0.454 e. The number of Topliss-reactive ketones (excluding diaryl/α,β-unsaturated/α-hetero) is 1. The number of nitrogens with one attached hydrogen (secondary N) is 1. The molecule has 0 spiro atoms. The van der Waals surface area contributed by atoms with Crippen molar-refractivity contribution in [3.05, 3.63) is 64.0 Å². The molecular formula is C21H15NO8. The van der Waals surface area contributed by atoms with Crippen LogP contribution in [0.4, 0.5) is 5.69 Å². The van der Waals surface area contributed by atoms with Crippen molar-refractivity contribution >= 4 is 34.3 Å². The van der Waals surface area contributed by atoms with Gasteiger partial charge in [-0.05, 0) is 25.1 Å². The van der Waals surface area contributed by atoms with Crippen LogP contribution in [0.5, 0.6) is 11.5 Å². The van der Waals surface area contributed by atoms with Crippen molar-refractivity contribution in [3.63, 3.8) is 0 Å². The Balaban J connectivity index is 1.47. The first-order valence-corrected chi connectivity index (χ1v) is 8.87. The van der Waals surface area contributed by atoms with Crippen molar-refractivity contribution in [3.8, 4) is 11.5 Å². The first-order chi connectivity index (χ1) is 14.4. The SMILES string of the molecule is CC(=O)c1cc2c(cc1NC(=O)COC(=O)c1cc3ccccc3oc1=O)OCO2. The van der Waals surface area contributed by atoms with Crippen LogP contribution in [-0.4, -0.2) is 31.1 Å². The Morgan fingerprint density at radius 3 is 2.53 bits per heavy atom. The molecule has 0 saturated heterocycles. The van der Waals surface area contributed by atoms with Gasteiger partial charge in [0.1, 0.15) is 11.1 Å². The maximum atomic E-state index is 12.2. The van der Waals surface area contributed by atoms with E-state index in [2.05, 4.69) is 5.32 Å². The van der Waals surface area contributed by atoms with Gasteiger partial charge in [0.15, 0.2) is 23.9 Å². The number of benzene rings is 2. The lowest BCUT2D eigenvalue weighted by molar-refractivity contribution is -0.119. The molecular weight excluding hydrogens is 394 g/mol. The van der Waals surface area contributed by atoms with Crippen LogP contribution < -0.4 is 20.4 Å². The van der Waals surface area contributed by atoms with Gasteiger partial charge in [-0.25, -0.2) is 9.59 Å². The quantitative estimate of drug-likeness (QED) is 0.388. The first kappa shape index (κ1) is 19.2. The van der Waals surface area contributed by atoms with Gasteiger partial charge in [-0.3, -0.25) is 9.59 Å². The molecule has 9 heteroatoms. The molecule has 1 aliphatic heterocycles. The molecule has 152 valence electrons. The Morgan fingerprint density at radius 1 is 1.03 bits per heavy atom. The first-order valence-electron chi connectivity index (χ1n) is 8.87. The molecule has 0 fully saturated rings. The number of hydrogen-bond acceptors (Lipinski definition) is 8. The molecule has 0 aliphatic carbocycles. The number of anilines is 1. The zero-order valence-corrected chi connectivity index (χ0v) is 15.7. The minimum atomic E-state index is -0.998. The fourth-order valence-corrected chi connectivity index (χ4v) is 2.94. The predicted molar refractivity (Wildman–Crippen MR) is 104 cm³/mol. The van der Waals surface area contributed by atoms with E-state index in [1.807, 2.05) is 0 Å². The molecule has 0 unspecified atom stereocenters. The molecule has 0 bridgehead atoms. The van der Waals surface area contributed by atoms with Gasteiger partial charge in [0, 0.05) is 17.0 Å². The maximum Gasteiger partial charge on any atom is 0.351 e. The van der Waals surface area contributed by atoms with Crippen LogP contribution in [0.15, 0.2) is 51.7 Å². The average molecular weight is 409 g/mol. The number of hydrogen-bond donors (Lipinski definition) is 1. The van der Waals surface area contributed by atoms with E-state index in [0.29, 0.717) is 22.5 Å². The summed E-state index contributed by atoms with van der Waals surface area (Å²) in [6.07, 6.45) is 0. The third-order valence-electron chi connectivity index (χ3n) is 4.36. The summed E-state index contributed by atoms with van der Waals surface area (Å²) in [6.45, 7) is 0.680. The molecule has 2 aromatic carbocycles. The second-order valence-electron chi connectivity index (χ2n) is 6.42. The van der Waals surface area contributed by atoms with Gasteiger partial charge in [-0.15, -0.1) is 0 Å². The van der Waals surface area contributed by atoms with Gasteiger partial charge in [0.2, 0.25) is 6.79 Å². The smallest absolute Gasteiger partial charge is 0.351 e. The van der Waals surface area contributed by atoms with E-state index in [4.69, 9.17) is 18.6 Å². The van der Waals surface area contributed by atoms with Crippen LogP contribution in [0.3, 0.4) is 0 Å². The second kappa shape index (κ2) is 7.70. The minimum absolute atomic E-state index is 0.00995. The van der Waals surface area contributed by atoms with Crippen molar-refractivity contribution in [2.75, 3.05) is 18.7 Å². The number of amides is 1. The van der Waals surface area contributed by atoms with Crippen molar-refractivity contribution in [1.82, 2.24) is 0 Å². The standard InChI is InChI=1S/C21H15NO8/c1-11(23)13-7-17-18(29-10-28-17)8-15(13)22-19(24)9-27-20(25)14-6-12-4-2-3-5-16(12)30-21(14)26/h2-8H,9-10H2,1H3,(H,22,24). The Morgan fingerprint density at radius 2 is 1.77 bits per heavy atom. The highest BCUT2D eigenvalue weighted by Crippen LogP contribution is 2.37. The van der Waals surface area contributed by atoms with E-state index in [0.717, 1.165) is 0 Å². The van der Waals surface area contributed by atoms with Crippen LogP contribution in [0.2, 0.25) is 0 Å². The van der Waals surface area contributed by atoms with E-state index in [1.54, 1.807) is 24.3 Å². The number of fused-ring (bicyclic) bond motifs is 2. The lowest BCUT2D eigenvalue weighted by atomic mass is 10.1. The lowest BCUT2D eigenvalue weighted by Crippen LogP contribution is -2.24. The van der Waals surface area contributed by atoms with Crippen LogP contribution in [0.1, 0.15) is 27.6 Å². The maximum absolute atomic E-state index is 12.2. The van der Waals surface area contributed by atoms with Crippen LogP contribution >= 0.6 is 0 Å². The molecule has 4 rings (SSSR count). The predicted octanol–water partition coefficient (Wildman–Crippen LogP) is 2.52. The van der Waals surface area contributed by atoms with Gasteiger partial charge in [-0.1, -0.05) is 18.2 Å². The number of carbonyl (C=O) groups is 3. The average Bonchev–Trinajstić information content (AvgIpc) is 3.18. The molecule has 9 nitrogen and oxygen atoms in total. The molecule has 0 radical (unpaired) electrons. The number of rotatable bonds is 5. The number of ether oxygens (including phenoxy) is 3. The normalized spacial score (nSPS) is 11.9. The summed E-state index contributed by atoms with van der Waals surface area (Å²) in [4.78, 5) is 48.4. The molecule has 1 N–H and O–H groups in total. The monoisotopic (exact) mass is 409 g/mol. The molecule has 0 saturated carbocycles. The molecule has 1 aromatic heterocycles. The summed E-state index contributed by atoms with van der Waals surface area (Å²) in [7, 11) is 0. The van der Waals surface area contributed by atoms with Crippen molar-refractivity contribution < 1.29 is 33.0 Å². The van der Waals surface area contributed by atoms with E-state index < -0.39 is 24.1 Å². The molecule has 3 aromatic rings. The van der Waals surface area contributed by atoms with Crippen molar-refractivity contribution in [2.24, 2.45) is 0 Å². The molecule has 1 aliphatic rings. The van der Waals surface area contributed by atoms with Gasteiger partial charge in [0.05, 0.1) is 5.69 Å². The van der Waals surface area contributed by atoms with Crippen molar-refractivity contribution in [2.45, 2.75) is 6.92 Å². The molecule has 30 heavy (non-hydrogen) atoms. The van der Waals surface area contributed by atoms with Crippen molar-refractivity contribution in [1.29, 1.82) is 0 Å². The zero-order valence-electron chi connectivity index (χ0n) is 15.7. The van der Waals surface area contributed by atoms with E-state index in [-0.39, 0.29) is 29.4 Å². The summed E-state index contributed by atoms with van der Waals surface area (Å²) < 4.78 is 20.5. The number of carbonyl (C=O) groups excluding carboxylic acids is 3. The lowest BCUT2D eigenvalue weighted by Gasteiger charge is -2.11. The Bertz CT molecular complexity index is 1240. The van der Waals surface area contributed by atoms with Gasteiger partial charge < -0.3 is 23.9 Å². The summed E-state index contributed by atoms with van der Waals surface area (Å²) in [6, 6.07) is 10.9. The molecule has 2 heterocycles. The van der Waals surface area contributed by atoms with E-state index >= 15 is 0 Å². The Kier molecular flexibility index (Phi) is 4.93. The highest BCUT2D eigenvalue weighted by molar-refractivity contribution is 6.05. The molecule has 1 amide bonds. The van der Waals surface area contributed by atoms with Gasteiger partial charge >= 0.3 is 11.6 Å². The number of esters is 1. The van der Waals surface area contributed by atoms with E-state index in [9.17, 15) is 19.2 Å². The summed E-state index contributed by atoms with van der Waals surface area (Å²) in [5, 5.41) is 3.04. The summed E-state index contributed by atoms with van der Waals surface area (Å²) in [5.74, 6) is -1.22. The number of ketones is 1. The van der Waals surface area contributed by atoms with Gasteiger partial charge in [-0.2, -0.15) is 0 Å². The number of para-hydroxylation sites is 1. The summed E-state index contributed by atoms with van der Waals surface area (Å²) >= 11 is 0. The van der Waals surface area contributed by atoms with E-state index in [1.165, 1.54) is 25.1 Å². The fourth-order valence-electron chi connectivity index (χ4n) is 2.94. The molecule has 0 atom stereocenters. The Labute approximate surface area is 169 Å². The highest BCUT2D eigenvalue weighted by atomic mass is 16.7. The summed E-state index contributed by atoms with van der Waals surface area (Å²) in [5.41, 5.74) is -0.453. The Hall–Kier alpha value is -4.14. The zero-order chi connectivity index (χ0) is 21.3. The fraction of sp³-hybridized carbons (Fsp3) is 0.143. The topological polar surface area (TPSA) is 121 Å². The van der Waals surface area contributed by atoms with Gasteiger partial charge in [0.25, 0.3) is 5.91 Å². The van der Waals surface area contributed by atoms with Crippen LogP contribution in [0, 0.1) is 0 Å². The third kappa shape index (κ3) is 3.72. The largest absolute Gasteiger partial charge is 0.454 e. The van der Waals surface area contributed by atoms with Crippen LogP contribution in [-0.2, 0) is 9.53 Å². The second-order valence-corrected chi connectivity index (χ2v) is 6.42. The van der Waals surface area contributed by atoms with Crippen LogP contribution in [0.25, 0.3) is 11.0 Å². The highest BCUT2D eigenvalue weighted by Gasteiger charge is 2.21.